The number of phenols is 1. The fraction of sp³-hybridized carbons (Fsp3) is 0.300. The largest absolute Gasteiger partial charge is 0.504 e. The minimum Gasteiger partial charge on any atom is -0.504 e. The summed E-state index contributed by atoms with van der Waals surface area (Å²) in [6, 6.07) is 3.27. The van der Waals surface area contributed by atoms with E-state index in [2.05, 4.69) is 0 Å². The molecule has 0 saturated carbocycles. The van der Waals surface area contributed by atoms with Crippen LogP contribution in [-0.4, -0.2) is 24.6 Å². The summed E-state index contributed by atoms with van der Waals surface area (Å²) in [6.07, 6.45) is 0.826. The summed E-state index contributed by atoms with van der Waals surface area (Å²) in [5.41, 5.74) is 0.886. The molecule has 0 spiro atoms. The summed E-state index contributed by atoms with van der Waals surface area (Å²) >= 11 is 0. The van der Waals surface area contributed by atoms with Gasteiger partial charge in [0.1, 0.15) is 0 Å². The van der Waals surface area contributed by atoms with Gasteiger partial charge in [0.15, 0.2) is 23.9 Å². The van der Waals surface area contributed by atoms with Gasteiger partial charge in [-0.25, -0.2) is 0 Å². The lowest BCUT2D eigenvalue weighted by Gasteiger charge is -2.08. The molecule has 0 saturated heterocycles. The van der Waals surface area contributed by atoms with E-state index in [1.165, 1.54) is 13.2 Å². The molecule has 1 N–H and O–H groups in total. The van der Waals surface area contributed by atoms with Crippen molar-refractivity contribution in [2.75, 3.05) is 7.11 Å². The van der Waals surface area contributed by atoms with E-state index >= 15 is 0 Å². The Labute approximate surface area is 81.1 Å². The van der Waals surface area contributed by atoms with Crippen molar-refractivity contribution >= 4 is 6.29 Å². The predicted molar refractivity (Wildman–Crippen MR) is 48.8 cm³/mol. The summed E-state index contributed by atoms with van der Waals surface area (Å²) < 4.78 is 10.3. The zero-order chi connectivity index (χ0) is 10.1. The highest BCUT2D eigenvalue weighted by Crippen LogP contribution is 2.43. The van der Waals surface area contributed by atoms with Crippen LogP contribution in [0.2, 0.25) is 0 Å². The van der Waals surface area contributed by atoms with Crippen molar-refractivity contribution < 1.29 is 19.4 Å². The Morgan fingerprint density at radius 1 is 1.64 bits per heavy atom. The maximum absolute atomic E-state index is 10.5. The van der Waals surface area contributed by atoms with E-state index in [9.17, 15) is 9.90 Å². The smallest absolute Gasteiger partial charge is 0.203 e. The predicted octanol–water partition coefficient (Wildman–Crippen LogP) is 0.903. The van der Waals surface area contributed by atoms with Gasteiger partial charge in [-0.1, -0.05) is 6.07 Å². The van der Waals surface area contributed by atoms with E-state index in [0.717, 1.165) is 11.8 Å². The van der Waals surface area contributed by atoms with E-state index in [-0.39, 0.29) is 5.75 Å². The molecule has 14 heavy (non-hydrogen) atoms. The van der Waals surface area contributed by atoms with E-state index in [1.807, 2.05) is 0 Å². The average molecular weight is 194 g/mol. The van der Waals surface area contributed by atoms with Crippen molar-refractivity contribution in [3.05, 3.63) is 17.7 Å². The molecule has 1 aromatic rings. The lowest BCUT2D eigenvalue weighted by molar-refractivity contribution is -0.113. The highest BCUT2D eigenvalue weighted by atomic mass is 16.5. The first-order valence-electron chi connectivity index (χ1n) is 4.27. The molecule has 1 unspecified atom stereocenters. The number of ether oxygens (including phenoxy) is 2. The molecule has 74 valence electrons. The Morgan fingerprint density at radius 2 is 2.43 bits per heavy atom. The van der Waals surface area contributed by atoms with Crippen molar-refractivity contribution in [3.8, 4) is 17.2 Å². The number of carbonyl (C=O) groups is 1. The number of aromatic hydroxyl groups is 1. The van der Waals surface area contributed by atoms with Crippen LogP contribution in [0, 0.1) is 0 Å². The summed E-state index contributed by atoms with van der Waals surface area (Å²) in [4.78, 5) is 10.5. The summed E-state index contributed by atoms with van der Waals surface area (Å²) in [5.74, 6) is 0.800. The molecule has 1 aromatic carbocycles. The molecule has 0 aliphatic carbocycles. The second kappa shape index (κ2) is 3.21. The second-order valence-electron chi connectivity index (χ2n) is 3.10. The van der Waals surface area contributed by atoms with Crippen molar-refractivity contribution in [1.29, 1.82) is 0 Å². The Kier molecular flexibility index (Phi) is 2.04. The zero-order valence-corrected chi connectivity index (χ0v) is 7.69. The molecule has 0 amide bonds. The van der Waals surface area contributed by atoms with Gasteiger partial charge in [0.2, 0.25) is 5.75 Å². The normalized spacial score (nSPS) is 18.5. The van der Waals surface area contributed by atoms with Crippen molar-refractivity contribution in [1.82, 2.24) is 0 Å². The van der Waals surface area contributed by atoms with E-state index < -0.39 is 6.10 Å². The number of hydrogen-bond acceptors (Lipinski definition) is 4. The summed E-state index contributed by atoms with van der Waals surface area (Å²) in [7, 11) is 1.45. The van der Waals surface area contributed by atoms with Crippen molar-refractivity contribution in [3.63, 3.8) is 0 Å². The number of methoxy groups -OCH3 is 1. The minimum absolute atomic E-state index is 0.0257. The first-order valence-corrected chi connectivity index (χ1v) is 4.27. The zero-order valence-electron chi connectivity index (χ0n) is 7.69. The van der Waals surface area contributed by atoms with E-state index in [1.54, 1.807) is 6.07 Å². The molecule has 1 heterocycles. The highest BCUT2D eigenvalue weighted by Gasteiger charge is 2.27. The topological polar surface area (TPSA) is 55.8 Å². The Balaban J connectivity index is 2.46. The SMILES string of the molecule is COc1c(O)ccc2c1OC(C=O)C2. The number of aldehydes is 1. The molecule has 4 heteroatoms. The van der Waals surface area contributed by atoms with Gasteiger partial charge >= 0.3 is 0 Å². The van der Waals surface area contributed by atoms with Gasteiger partial charge in [-0.2, -0.15) is 0 Å². The number of rotatable bonds is 2. The third-order valence-electron chi connectivity index (χ3n) is 2.22. The van der Waals surface area contributed by atoms with Crippen molar-refractivity contribution in [2.24, 2.45) is 0 Å². The highest BCUT2D eigenvalue weighted by molar-refractivity contribution is 5.65. The summed E-state index contributed by atoms with van der Waals surface area (Å²) in [5, 5.41) is 9.44. The number of carbonyl (C=O) groups excluding carboxylic acids is 1. The molecule has 0 fully saturated rings. The van der Waals surface area contributed by atoms with Gasteiger partial charge in [0.05, 0.1) is 7.11 Å². The number of hydrogen-bond donors (Lipinski definition) is 1. The fourth-order valence-electron chi connectivity index (χ4n) is 1.57. The Bertz CT molecular complexity index is 373. The lowest BCUT2D eigenvalue weighted by Crippen LogP contribution is -2.13. The lowest BCUT2D eigenvalue weighted by atomic mass is 10.1. The van der Waals surface area contributed by atoms with E-state index in [4.69, 9.17) is 9.47 Å². The molecule has 1 aliphatic rings. The van der Waals surface area contributed by atoms with Crippen LogP contribution in [0.15, 0.2) is 12.1 Å². The van der Waals surface area contributed by atoms with Gasteiger partial charge < -0.3 is 14.6 Å². The quantitative estimate of drug-likeness (QED) is 0.711. The van der Waals surface area contributed by atoms with E-state index in [0.29, 0.717) is 17.9 Å². The molecule has 2 rings (SSSR count). The van der Waals surface area contributed by atoms with Crippen LogP contribution in [-0.2, 0) is 11.2 Å². The molecule has 0 bridgehead atoms. The Hall–Kier alpha value is -1.71. The van der Waals surface area contributed by atoms with Gasteiger partial charge in [-0.05, 0) is 6.07 Å². The number of benzene rings is 1. The van der Waals surface area contributed by atoms with Gasteiger partial charge in [-0.3, -0.25) is 4.79 Å². The number of fused-ring (bicyclic) bond motifs is 1. The molecule has 1 aliphatic heterocycles. The first kappa shape index (κ1) is 8.87. The molecular formula is C10H10O4. The molecule has 0 aromatic heterocycles. The first-order chi connectivity index (χ1) is 6.76. The third kappa shape index (κ3) is 1.19. The van der Waals surface area contributed by atoms with Crippen molar-refractivity contribution in [2.45, 2.75) is 12.5 Å². The van der Waals surface area contributed by atoms with Crippen LogP contribution in [0.3, 0.4) is 0 Å². The maximum Gasteiger partial charge on any atom is 0.203 e. The molecule has 1 atom stereocenters. The third-order valence-corrected chi connectivity index (χ3v) is 2.22. The molecular weight excluding hydrogens is 184 g/mol. The molecule has 4 nitrogen and oxygen atoms in total. The van der Waals surface area contributed by atoms with Crippen LogP contribution >= 0.6 is 0 Å². The Morgan fingerprint density at radius 3 is 3.07 bits per heavy atom. The second-order valence-corrected chi connectivity index (χ2v) is 3.10. The van der Waals surface area contributed by atoms with Crippen LogP contribution < -0.4 is 9.47 Å². The minimum atomic E-state index is -0.458. The van der Waals surface area contributed by atoms with Gasteiger partial charge in [-0.15, -0.1) is 0 Å². The number of phenolic OH excluding ortho intramolecular Hbond substituents is 1. The standard InChI is InChI=1S/C10H10O4/c1-13-10-8(12)3-2-6-4-7(5-11)14-9(6)10/h2-3,5,7,12H,4H2,1H3. The van der Waals surface area contributed by atoms with Crippen LogP contribution in [0.5, 0.6) is 17.2 Å². The monoisotopic (exact) mass is 194 g/mol. The van der Waals surface area contributed by atoms with Crippen LogP contribution in [0.4, 0.5) is 0 Å². The average Bonchev–Trinajstić information content (AvgIpc) is 2.60. The fourth-order valence-corrected chi connectivity index (χ4v) is 1.57. The summed E-state index contributed by atoms with van der Waals surface area (Å²) in [6.45, 7) is 0. The maximum atomic E-state index is 10.5. The van der Waals surface area contributed by atoms with Crippen LogP contribution in [0.25, 0.3) is 0 Å². The van der Waals surface area contributed by atoms with Gasteiger partial charge in [0, 0.05) is 12.0 Å². The van der Waals surface area contributed by atoms with Crippen LogP contribution in [0.1, 0.15) is 5.56 Å². The molecule has 0 radical (unpaired) electrons. The van der Waals surface area contributed by atoms with Gasteiger partial charge in [0.25, 0.3) is 0 Å².